The zero-order valence-corrected chi connectivity index (χ0v) is 4.35. The Labute approximate surface area is 46.6 Å². The van der Waals surface area contributed by atoms with Gasteiger partial charge in [0.25, 0.3) is 0 Å². The molecule has 1 atom stereocenters. The molecule has 0 N–H and O–H groups in total. The summed E-state index contributed by atoms with van der Waals surface area (Å²) in [5, 5.41) is 0. The first-order valence-corrected chi connectivity index (χ1v) is 2.01. The summed E-state index contributed by atoms with van der Waals surface area (Å²) < 4.78 is 15.5. The lowest BCUT2D eigenvalue weighted by Crippen LogP contribution is -1.84. The highest BCUT2D eigenvalue weighted by atomic mass is 19.1. The molecule has 44 valence electrons. The smallest absolute Gasteiger partial charge is 0.307 e. The summed E-state index contributed by atoms with van der Waals surface area (Å²) >= 11 is 0. The van der Waals surface area contributed by atoms with Crippen molar-refractivity contribution >= 4 is 6.47 Å². The van der Waals surface area contributed by atoms with Gasteiger partial charge in [-0.05, 0) is 12.8 Å². The number of alkyl halides is 1. The first-order chi connectivity index (χ1) is 3.77. The average Bonchev–Trinajstić information content (AvgIpc) is 1.66. The largest absolute Gasteiger partial charge is 0.375 e. The highest BCUT2D eigenvalue weighted by molar-refractivity contribution is 5.39. The van der Waals surface area contributed by atoms with Crippen LogP contribution >= 0.6 is 0 Å². The Hall–Kier alpha value is -1.04. The molecule has 8 heavy (non-hydrogen) atoms. The minimum absolute atomic E-state index is 0.148. The van der Waals surface area contributed by atoms with Gasteiger partial charge < -0.3 is 4.74 Å². The molecule has 0 amide bonds. The molecule has 0 aliphatic carbocycles. The van der Waals surface area contributed by atoms with E-state index in [4.69, 9.17) is 0 Å². The maximum Gasteiger partial charge on any atom is 0.307 e. The lowest BCUT2D eigenvalue weighted by molar-refractivity contribution is -0.122. The zero-order chi connectivity index (χ0) is 6.41. The molecule has 0 aromatic carbocycles. The second-order valence-corrected chi connectivity index (χ2v) is 1.08. The van der Waals surface area contributed by atoms with Crippen molar-refractivity contribution in [1.82, 2.24) is 0 Å². The van der Waals surface area contributed by atoms with Crippen LogP contribution in [0.1, 0.15) is 6.92 Å². The molecule has 0 aromatic heterocycles. The number of carbonyl (C=O) groups excluding carboxylic acids is 1. The summed E-state index contributed by atoms with van der Waals surface area (Å²) in [5.74, 6) is 1.98. The van der Waals surface area contributed by atoms with Crippen molar-refractivity contribution in [3.05, 3.63) is 0 Å². The lowest BCUT2D eigenvalue weighted by Gasteiger charge is -1.79. The average molecular weight is 116 g/mol. The van der Waals surface area contributed by atoms with E-state index in [1.54, 1.807) is 0 Å². The van der Waals surface area contributed by atoms with Gasteiger partial charge in [-0.3, -0.25) is 4.79 Å². The third-order valence-corrected chi connectivity index (χ3v) is 0.365. The van der Waals surface area contributed by atoms with Gasteiger partial charge in [0.1, 0.15) is 6.11 Å². The summed E-state index contributed by atoms with van der Waals surface area (Å²) in [5.41, 5.74) is 0. The Balaban J connectivity index is 3.34. The van der Waals surface area contributed by atoms with Crippen LogP contribution in [0.3, 0.4) is 0 Å². The predicted octanol–water partition coefficient (Wildman–Crippen LogP) is 0.478. The number of rotatable bonds is 1. The lowest BCUT2D eigenvalue weighted by atomic mass is 10.5. The van der Waals surface area contributed by atoms with E-state index in [-0.39, 0.29) is 6.47 Å². The van der Waals surface area contributed by atoms with E-state index < -0.39 is 6.17 Å². The summed E-state index contributed by atoms with van der Waals surface area (Å²) in [4.78, 5) is 9.34. The first kappa shape index (κ1) is 6.96. The number of halogens is 1. The van der Waals surface area contributed by atoms with Crippen LogP contribution in [0.25, 0.3) is 0 Å². The Morgan fingerprint density at radius 2 is 2.50 bits per heavy atom. The van der Waals surface area contributed by atoms with Crippen molar-refractivity contribution in [2.24, 2.45) is 0 Å². The van der Waals surface area contributed by atoms with Crippen LogP contribution in [0.5, 0.6) is 0 Å². The van der Waals surface area contributed by atoms with Crippen LogP contribution in [0.15, 0.2) is 0 Å². The van der Waals surface area contributed by atoms with Crippen molar-refractivity contribution in [2.45, 2.75) is 13.1 Å². The Morgan fingerprint density at radius 1 is 1.88 bits per heavy atom. The summed E-state index contributed by atoms with van der Waals surface area (Å²) in [6.45, 7) is 1.40. The van der Waals surface area contributed by atoms with Crippen molar-refractivity contribution in [3.8, 4) is 12.0 Å². The van der Waals surface area contributed by atoms with E-state index in [1.165, 1.54) is 6.92 Å². The van der Waals surface area contributed by atoms with Crippen LogP contribution in [-0.4, -0.2) is 12.6 Å². The SMILES string of the molecule is CC(F)C#COC=O. The van der Waals surface area contributed by atoms with Crippen molar-refractivity contribution in [2.75, 3.05) is 0 Å². The molecule has 0 fully saturated rings. The molecule has 0 heterocycles. The second-order valence-electron chi connectivity index (χ2n) is 1.08. The van der Waals surface area contributed by atoms with E-state index in [1.807, 2.05) is 12.0 Å². The predicted molar refractivity (Wildman–Crippen MR) is 25.5 cm³/mol. The Kier molecular flexibility index (Phi) is 3.59. The summed E-state index contributed by atoms with van der Waals surface area (Å²) in [6.07, 6.45) is 0.601. The molecule has 0 rings (SSSR count). The number of hydrogen-bond acceptors (Lipinski definition) is 2. The van der Waals surface area contributed by atoms with Crippen molar-refractivity contribution < 1.29 is 13.9 Å². The van der Waals surface area contributed by atoms with Gasteiger partial charge in [0.2, 0.25) is 0 Å². The van der Waals surface area contributed by atoms with Crippen molar-refractivity contribution in [1.29, 1.82) is 0 Å². The van der Waals surface area contributed by atoms with E-state index in [0.717, 1.165) is 0 Å². The van der Waals surface area contributed by atoms with Gasteiger partial charge in [0.15, 0.2) is 6.17 Å². The topological polar surface area (TPSA) is 26.3 Å². The third kappa shape index (κ3) is 4.96. The van der Waals surface area contributed by atoms with Crippen LogP contribution in [0.4, 0.5) is 4.39 Å². The first-order valence-electron chi connectivity index (χ1n) is 2.01. The molecule has 0 aliphatic heterocycles. The Morgan fingerprint density at radius 3 is 2.88 bits per heavy atom. The van der Waals surface area contributed by atoms with Crippen molar-refractivity contribution in [3.63, 3.8) is 0 Å². The molecular formula is C5H5FO2. The summed E-state index contributed by atoms with van der Waals surface area (Å²) in [6, 6.07) is 0. The Bertz CT molecular complexity index is 120. The highest BCUT2D eigenvalue weighted by Crippen LogP contribution is 1.80. The van der Waals surface area contributed by atoms with Crippen LogP contribution < -0.4 is 0 Å². The van der Waals surface area contributed by atoms with E-state index in [2.05, 4.69) is 4.74 Å². The molecule has 1 unspecified atom stereocenters. The molecule has 0 bridgehead atoms. The molecule has 0 saturated carbocycles. The molecular weight excluding hydrogens is 111 g/mol. The van der Waals surface area contributed by atoms with Gasteiger partial charge in [-0.2, -0.15) is 0 Å². The molecule has 3 heteroatoms. The maximum absolute atomic E-state index is 11.7. The quantitative estimate of drug-likeness (QED) is 0.368. The fourth-order valence-electron chi connectivity index (χ4n) is 0.139. The van der Waals surface area contributed by atoms with Crippen LogP contribution in [0.2, 0.25) is 0 Å². The molecule has 0 aromatic rings. The zero-order valence-electron chi connectivity index (χ0n) is 4.35. The second kappa shape index (κ2) is 4.13. The van der Waals surface area contributed by atoms with Gasteiger partial charge in [0.05, 0.1) is 0 Å². The molecule has 0 aliphatic rings. The van der Waals surface area contributed by atoms with E-state index in [9.17, 15) is 9.18 Å². The van der Waals surface area contributed by atoms with Crippen LogP contribution in [-0.2, 0) is 9.53 Å². The molecule has 0 spiro atoms. The van der Waals surface area contributed by atoms with Gasteiger partial charge in [-0.25, -0.2) is 4.39 Å². The minimum Gasteiger partial charge on any atom is -0.375 e. The fraction of sp³-hybridized carbons (Fsp3) is 0.400. The minimum atomic E-state index is -1.24. The van der Waals surface area contributed by atoms with E-state index >= 15 is 0 Å². The molecule has 0 saturated heterocycles. The molecule has 2 nitrogen and oxygen atoms in total. The fourth-order valence-corrected chi connectivity index (χ4v) is 0.139. The normalized spacial score (nSPS) is 10.8. The number of carbonyl (C=O) groups is 1. The van der Waals surface area contributed by atoms with Gasteiger partial charge in [-0.15, -0.1) is 0 Å². The third-order valence-electron chi connectivity index (χ3n) is 0.365. The van der Waals surface area contributed by atoms with Gasteiger partial charge in [-0.1, -0.05) is 0 Å². The monoisotopic (exact) mass is 116 g/mol. The van der Waals surface area contributed by atoms with Gasteiger partial charge in [0, 0.05) is 0 Å². The van der Waals surface area contributed by atoms with Gasteiger partial charge >= 0.3 is 6.47 Å². The summed E-state index contributed by atoms with van der Waals surface area (Å²) in [7, 11) is 0. The standard InChI is InChI=1S/C5H5FO2/c1-5(6)2-3-8-4-7/h4-5H,1H3. The molecule has 0 radical (unpaired) electrons. The maximum atomic E-state index is 11.7. The highest BCUT2D eigenvalue weighted by Gasteiger charge is 1.84. The number of hydrogen-bond donors (Lipinski definition) is 0. The van der Waals surface area contributed by atoms with E-state index in [0.29, 0.717) is 0 Å². The van der Waals surface area contributed by atoms with Crippen LogP contribution in [0, 0.1) is 12.0 Å². The number of ether oxygens (including phenoxy) is 1.